The Kier molecular flexibility index (Phi) is 5.55. The van der Waals surface area contributed by atoms with Gasteiger partial charge >= 0.3 is 0 Å². The Balaban J connectivity index is 2.53. The minimum atomic E-state index is -3.28. The summed E-state index contributed by atoms with van der Waals surface area (Å²) in [4.78, 5) is 4.03. The standard InChI is InChI=1S/C12H21N3O2S/c1-11(2)13-9-6-10-18(16,17)15(3)12-7-4-5-8-14-12/h4-5,7-8,11,13H,6,9-10H2,1-3H3. The Labute approximate surface area is 109 Å². The number of rotatable bonds is 7. The normalized spacial score (nSPS) is 11.8. The van der Waals surface area contributed by atoms with Crippen molar-refractivity contribution in [2.45, 2.75) is 26.3 Å². The van der Waals surface area contributed by atoms with Gasteiger partial charge in [0.15, 0.2) is 0 Å². The van der Waals surface area contributed by atoms with Crippen molar-refractivity contribution < 1.29 is 8.42 Å². The van der Waals surface area contributed by atoms with E-state index >= 15 is 0 Å². The average molecular weight is 271 g/mol. The van der Waals surface area contributed by atoms with Gasteiger partial charge < -0.3 is 5.32 Å². The molecule has 1 aromatic heterocycles. The van der Waals surface area contributed by atoms with Gasteiger partial charge in [0.25, 0.3) is 0 Å². The largest absolute Gasteiger partial charge is 0.314 e. The van der Waals surface area contributed by atoms with Crippen molar-refractivity contribution in [3.8, 4) is 0 Å². The van der Waals surface area contributed by atoms with E-state index < -0.39 is 10.0 Å². The van der Waals surface area contributed by atoms with Gasteiger partial charge in [-0.3, -0.25) is 4.31 Å². The van der Waals surface area contributed by atoms with Crippen molar-refractivity contribution in [1.29, 1.82) is 0 Å². The van der Waals surface area contributed by atoms with Crippen molar-refractivity contribution >= 4 is 15.8 Å². The molecule has 1 rings (SSSR count). The molecule has 0 saturated heterocycles. The highest BCUT2D eigenvalue weighted by molar-refractivity contribution is 7.92. The third-order valence-corrected chi connectivity index (χ3v) is 4.35. The SMILES string of the molecule is CC(C)NCCCS(=O)(=O)N(C)c1ccccn1. The molecule has 0 aromatic carbocycles. The van der Waals surface area contributed by atoms with E-state index in [0.29, 0.717) is 24.8 Å². The monoisotopic (exact) mass is 271 g/mol. The van der Waals surface area contributed by atoms with Crippen LogP contribution in [0.2, 0.25) is 0 Å². The van der Waals surface area contributed by atoms with E-state index in [4.69, 9.17) is 0 Å². The maximum Gasteiger partial charge on any atom is 0.236 e. The van der Waals surface area contributed by atoms with Crippen LogP contribution in [0.4, 0.5) is 5.82 Å². The van der Waals surface area contributed by atoms with Crippen LogP contribution in [-0.4, -0.2) is 38.8 Å². The van der Waals surface area contributed by atoms with Crippen LogP contribution < -0.4 is 9.62 Å². The summed E-state index contributed by atoms with van der Waals surface area (Å²) in [6.07, 6.45) is 2.18. The molecular weight excluding hydrogens is 250 g/mol. The second-order valence-corrected chi connectivity index (χ2v) is 6.55. The fraction of sp³-hybridized carbons (Fsp3) is 0.583. The minimum Gasteiger partial charge on any atom is -0.314 e. The van der Waals surface area contributed by atoms with E-state index in [1.165, 1.54) is 11.4 Å². The molecule has 0 amide bonds. The molecule has 6 heteroatoms. The molecule has 0 unspecified atom stereocenters. The topological polar surface area (TPSA) is 62.3 Å². The summed E-state index contributed by atoms with van der Waals surface area (Å²) in [5, 5.41) is 3.20. The Morgan fingerprint density at radius 1 is 1.39 bits per heavy atom. The number of anilines is 1. The zero-order chi connectivity index (χ0) is 13.6. The Morgan fingerprint density at radius 2 is 2.11 bits per heavy atom. The van der Waals surface area contributed by atoms with E-state index in [2.05, 4.69) is 10.3 Å². The molecule has 0 aliphatic heterocycles. The van der Waals surface area contributed by atoms with Gasteiger partial charge in [0.2, 0.25) is 10.0 Å². The molecule has 0 atom stereocenters. The summed E-state index contributed by atoms with van der Waals surface area (Å²) in [5.74, 6) is 0.578. The molecule has 0 radical (unpaired) electrons. The first-order valence-electron chi connectivity index (χ1n) is 6.04. The van der Waals surface area contributed by atoms with Gasteiger partial charge in [-0.2, -0.15) is 0 Å². The van der Waals surface area contributed by atoms with Crippen LogP contribution in [0.5, 0.6) is 0 Å². The maximum absolute atomic E-state index is 12.0. The van der Waals surface area contributed by atoms with Gasteiger partial charge in [-0.15, -0.1) is 0 Å². The van der Waals surface area contributed by atoms with Crippen molar-refractivity contribution in [2.75, 3.05) is 23.7 Å². The van der Waals surface area contributed by atoms with Crippen molar-refractivity contribution in [3.05, 3.63) is 24.4 Å². The van der Waals surface area contributed by atoms with Crippen LogP contribution in [-0.2, 0) is 10.0 Å². The first-order chi connectivity index (χ1) is 8.43. The van der Waals surface area contributed by atoms with Crippen molar-refractivity contribution in [2.24, 2.45) is 0 Å². The zero-order valence-electron chi connectivity index (χ0n) is 11.1. The van der Waals surface area contributed by atoms with Gasteiger partial charge in [-0.1, -0.05) is 19.9 Å². The van der Waals surface area contributed by atoms with Crippen LogP contribution in [0.1, 0.15) is 20.3 Å². The molecule has 1 N–H and O–H groups in total. The van der Waals surface area contributed by atoms with E-state index in [9.17, 15) is 8.42 Å². The predicted molar refractivity (Wildman–Crippen MR) is 74.2 cm³/mol. The first kappa shape index (κ1) is 14.9. The van der Waals surface area contributed by atoms with Gasteiger partial charge in [0.05, 0.1) is 5.75 Å². The van der Waals surface area contributed by atoms with E-state index in [0.717, 1.165) is 0 Å². The van der Waals surface area contributed by atoms with Crippen LogP contribution in [0, 0.1) is 0 Å². The number of nitrogens with one attached hydrogen (secondary N) is 1. The average Bonchev–Trinajstić information content (AvgIpc) is 2.34. The number of pyridine rings is 1. The third-order valence-electron chi connectivity index (χ3n) is 2.52. The van der Waals surface area contributed by atoms with Crippen molar-refractivity contribution in [3.63, 3.8) is 0 Å². The molecular formula is C12H21N3O2S. The fourth-order valence-electron chi connectivity index (χ4n) is 1.46. The minimum absolute atomic E-state index is 0.125. The molecule has 1 aromatic rings. The molecule has 102 valence electrons. The Morgan fingerprint density at radius 3 is 2.67 bits per heavy atom. The highest BCUT2D eigenvalue weighted by Gasteiger charge is 2.18. The number of hydrogen-bond donors (Lipinski definition) is 1. The lowest BCUT2D eigenvalue weighted by Gasteiger charge is -2.18. The quantitative estimate of drug-likeness (QED) is 0.758. The molecule has 18 heavy (non-hydrogen) atoms. The third kappa shape index (κ3) is 4.62. The Bertz CT molecular complexity index is 446. The van der Waals surface area contributed by atoms with E-state index in [1.807, 2.05) is 13.8 Å². The summed E-state index contributed by atoms with van der Waals surface area (Å²) in [5.41, 5.74) is 0. The second kappa shape index (κ2) is 6.70. The second-order valence-electron chi connectivity index (χ2n) is 4.43. The lowest BCUT2D eigenvalue weighted by Crippen LogP contribution is -2.32. The lowest BCUT2D eigenvalue weighted by atomic mass is 10.4. The summed E-state index contributed by atoms with van der Waals surface area (Å²) < 4.78 is 25.3. The molecule has 0 bridgehead atoms. The number of hydrogen-bond acceptors (Lipinski definition) is 4. The molecule has 0 aliphatic rings. The number of nitrogens with zero attached hydrogens (tertiary/aromatic N) is 2. The Hall–Kier alpha value is -1.14. The lowest BCUT2D eigenvalue weighted by molar-refractivity contribution is 0.567. The maximum atomic E-state index is 12.0. The number of aromatic nitrogens is 1. The van der Waals surface area contributed by atoms with Gasteiger partial charge in [-0.25, -0.2) is 13.4 Å². The van der Waals surface area contributed by atoms with Gasteiger partial charge in [0, 0.05) is 19.3 Å². The summed E-state index contributed by atoms with van der Waals surface area (Å²) in [7, 11) is -1.75. The summed E-state index contributed by atoms with van der Waals surface area (Å²) >= 11 is 0. The molecule has 0 aliphatic carbocycles. The predicted octanol–water partition coefficient (Wildman–Crippen LogP) is 1.24. The summed E-state index contributed by atoms with van der Waals surface area (Å²) in [6.45, 7) is 4.77. The zero-order valence-corrected chi connectivity index (χ0v) is 11.9. The molecule has 5 nitrogen and oxygen atoms in total. The fourth-order valence-corrected chi connectivity index (χ4v) is 2.64. The molecule has 0 spiro atoms. The van der Waals surface area contributed by atoms with E-state index in [1.54, 1.807) is 24.4 Å². The first-order valence-corrected chi connectivity index (χ1v) is 7.65. The molecule has 0 fully saturated rings. The molecule has 0 saturated carbocycles. The number of sulfonamides is 1. The van der Waals surface area contributed by atoms with Crippen LogP contribution in [0.15, 0.2) is 24.4 Å². The van der Waals surface area contributed by atoms with E-state index in [-0.39, 0.29) is 5.75 Å². The van der Waals surface area contributed by atoms with Gasteiger partial charge in [-0.05, 0) is 25.1 Å². The highest BCUT2D eigenvalue weighted by atomic mass is 32.2. The van der Waals surface area contributed by atoms with Crippen LogP contribution in [0.3, 0.4) is 0 Å². The van der Waals surface area contributed by atoms with Crippen LogP contribution >= 0.6 is 0 Å². The van der Waals surface area contributed by atoms with Gasteiger partial charge in [0.1, 0.15) is 5.82 Å². The molecule has 1 heterocycles. The smallest absolute Gasteiger partial charge is 0.236 e. The van der Waals surface area contributed by atoms with Crippen molar-refractivity contribution in [1.82, 2.24) is 10.3 Å². The summed E-state index contributed by atoms with van der Waals surface area (Å²) in [6, 6.07) is 5.59. The highest BCUT2D eigenvalue weighted by Crippen LogP contribution is 2.12. The van der Waals surface area contributed by atoms with Crippen LogP contribution in [0.25, 0.3) is 0 Å².